The predicted octanol–water partition coefficient (Wildman–Crippen LogP) is -0.0744. The first-order valence-corrected chi connectivity index (χ1v) is 10.9. The molecule has 2 saturated heterocycles. The molecule has 1 amide bonds. The number of ether oxygens (including phenoxy) is 1. The molecule has 2 heterocycles. The molecule has 0 spiro atoms. The summed E-state index contributed by atoms with van der Waals surface area (Å²) in [4.78, 5) is 14.7. The van der Waals surface area contributed by atoms with Crippen molar-refractivity contribution in [3.05, 3.63) is 29.8 Å². The van der Waals surface area contributed by atoms with Crippen LogP contribution in [-0.4, -0.2) is 86.8 Å². The number of hydrogen-bond acceptors (Lipinski definition) is 6. The Hall–Kier alpha value is -1.66. The van der Waals surface area contributed by atoms with Gasteiger partial charge in [0.05, 0.1) is 24.9 Å². The van der Waals surface area contributed by atoms with Crippen LogP contribution in [0.3, 0.4) is 0 Å². The summed E-state index contributed by atoms with van der Waals surface area (Å²) in [5.74, 6) is -2.07. The van der Waals surface area contributed by atoms with Crippen molar-refractivity contribution in [2.24, 2.45) is 0 Å². The molecule has 2 aliphatic rings. The molecule has 2 N–H and O–H groups in total. The highest BCUT2D eigenvalue weighted by Crippen LogP contribution is 2.21. The lowest BCUT2D eigenvalue weighted by Crippen LogP contribution is -2.47. The van der Waals surface area contributed by atoms with E-state index in [2.05, 4.69) is 9.62 Å². The molecule has 0 unspecified atom stereocenters. The van der Waals surface area contributed by atoms with Crippen LogP contribution in [0.15, 0.2) is 23.1 Å². The number of rotatable bonds is 5. The van der Waals surface area contributed by atoms with Gasteiger partial charge in [-0.15, -0.1) is 0 Å². The van der Waals surface area contributed by atoms with Crippen molar-refractivity contribution in [3.63, 3.8) is 0 Å². The third-order valence-corrected chi connectivity index (χ3v) is 6.77. The van der Waals surface area contributed by atoms with Gasteiger partial charge in [-0.2, -0.15) is 0 Å². The molecule has 162 valence electrons. The van der Waals surface area contributed by atoms with Gasteiger partial charge in [0, 0.05) is 39.2 Å². The van der Waals surface area contributed by atoms with Crippen LogP contribution in [0.2, 0.25) is 0 Å². The van der Waals surface area contributed by atoms with Gasteiger partial charge in [0.2, 0.25) is 15.9 Å². The molecule has 2 fully saturated rings. The summed E-state index contributed by atoms with van der Waals surface area (Å²) in [7, 11) is -4.29. The highest BCUT2D eigenvalue weighted by molar-refractivity contribution is 7.89. The second-order valence-electron chi connectivity index (χ2n) is 7.33. The molecule has 0 aliphatic carbocycles. The van der Waals surface area contributed by atoms with Crippen molar-refractivity contribution < 1.29 is 31.8 Å². The normalized spacial score (nSPS) is 26.5. The Morgan fingerprint density at radius 3 is 2.72 bits per heavy atom. The topological polar surface area (TPSA) is 99.2 Å². The number of amides is 1. The molecule has 1 aromatic rings. The largest absolute Gasteiger partial charge is 0.389 e. The van der Waals surface area contributed by atoms with Gasteiger partial charge in [0.25, 0.3) is 0 Å². The van der Waals surface area contributed by atoms with Gasteiger partial charge in [-0.3, -0.25) is 9.69 Å². The fraction of sp³-hybridized carbons (Fsp3) is 0.611. The molecule has 0 aromatic heterocycles. The lowest BCUT2D eigenvalue weighted by Gasteiger charge is -2.26. The highest BCUT2D eigenvalue weighted by atomic mass is 32.2. The molecule has 2 aliphatic heterocycles. The molecule has 29 heavy (non-hydrogen) atoms. The molecular formula is C18H25F2N3O5S. The van der Waals surface area contributed by atoms with Gasteiger partial charge < -0.3 is 14.7 Å². The Kier molecular flexibility index (Phi) is 6.84. The second kappa shape index (κ2) is 9.00. The first-order chi connectivity index (χ1) is 13.7. The summed E-state index contributed by atoms with van der Waals surface area (Å²) in [6.07, 6.45) is -0.951. The Bertz CT molecular complexity index is 854. The van der Waals surface area contributed by atoms with E-state index in [9.17, 15) is 27.1 Å². The number of carbonyl (C=O) groups excluding carboxylic acids is 1. The zero-order valence-corrected chi connectivity index (χ0v) is 16.9. The van der Waals surface area contributed by atoms with Gasteiger partial charge in [-0.05, 0) is 25.1 Å². The van der Waals surface area contributed by atoms with Crippen LogP contribution >= 0.6 is 0 Å². The number of hydrogen-bond donors (Lipinski definition) is 2. The van der Waals surface area contributed by atoms with E-state index in [1.807, 2.05) is 0 Å². The van der Waals surface area contributed by atoms with Crippen LogP contribution in [0.4, 0.5) is 8.78 Å². The maximum absolute atomic E-state index is 13.8. The maximum Gasteiger partial charge on any atom is 0.243 e. The lowest BCUT2D eigenvalue weighted by atomic mass is 10.1. The van der Waals surface area contributed by atoms with Crippen molar-refractivity contribution in [2.75, 3.05) is 39.3 Å². The van der Waals surface area contributed by atoms with E-state index in [-0.39, 0.29) is 12.5 Å². The molecule has 8 nitrogen and oxygen atoms in total. The predicted molar refractivity (Wildman–Crippen MR) is 99.5 cm³/mol. The van der Waals surface area contributed by atoms with Gasteiger partial charge in [-0.1, -0.05) is 0 Å². The molecule has 3 rings (SSSR count). The summed E-state index contributed by atoms with van der Waals surface area (Å²) >= 11 is 0. The Morgan fingerprint density at radius 2 is 2.03 bits per heavy atom. The SMILES string of the molecule is CC(=O)N1CCCN(C[C@@H]2OC[C@H](NS(=O)(=O)c3ccc(F)cc3F)[C@H]2O)CC1. The Morgan fingerprint density at radius 1 is 1.28 bits per heavy atom. The van der Waals surface area contributed by atoms with E-state index in [4.69, 9.17) is 4.74 Å². The number of halogens is 2. The Labute approximate surface area is 168 Å². The fourth-order valence-electron chi connectivity index (χ4n) is 3.63. The van der Waals surface area contributed by atoms with Crippen molar-refractivity contribution in [3.8, 4) is 0 Å². The number of aliphatic hydroxyl groups excluding tert-OH is 1. The van der Waals surface area contributed by atoms with E-state index < -0.39 is 44.8 Å². The maximum atomic E-state index is 13.8. The summed E-state index contributed by atoms with van der Waals surface area (Å²) in [6.45, 7) is 4.46. The second-order valence-corrected chi connectivity index (χ2v) is 9.01. The number of aliphatic hydroxyl groups is 1. The van der Waals surface area contributed by atoms with E-state index in [0.717, 1.165) is 25.1 Å². The molecule has 11 heteroatoms. The minimum Gasteiger partial charge on any atom is -0.389 e. The fourth-order valence-corrected chi connectivity index (χ4v) is 4.92. The third-order valence-electron chi connectivity index (χ3n) is 5.24. The summed E-state index contributed by atoms with van der Waals surface area (Å²) in [6, 6.07) is 1.23. The van der Waals surface area contributed by atoms with Crippen LogP contribution in [0.5, 0.6) is 0 Å². The number of carbonyl (C=O) groups is 1. The number of nitrogens with one attached hydrogen (secondary N) is 1. The average Bonchev–Trinajstić information content (AvgIpc) is 2.83. The summed E-state index contributed by atoms with van der Waals surface area (Å²) in [5.41, 5.74) is 0. The average molecular weight is 433 g/mol. The molecule has 0 bridgehead atoms. The standard InChI is InChI=1S/C18H25F2N3O5S/c1-12(24)23-6-2-5-22(7-8-23)10-16-18(25)15(11-28-16)21-29(26,27)17-4-3-13(19)9-14(17)20/h3-4,9,15-16,18,21,25H,2,5-8,10-11H2,1H3/t15-,16-,18+/m0/s1. The number of nitrogens with zero attached hydrogens (tertiary/aromatic N) is 2. The zero-order chi connectivity index (χ0) is 21.2. The van der Waals surface area contributed by atoms with E-state index in [1.165, 1.54) is 6.92 Å². The van der Waals surface area contributed by atoms with Crippen molar-refractivity contribution >= 4 is 15.9 Å². The smallest absolute Gasteiger partial charge is 0.243 e. The van der Waals surface area contributed by atoms with Crippen LogP contribution in [0.1, 0.15) is 13.3 Å². The molecule has 0 saturated carbocycles. The van der Waals surface area contributed by atoms with Crippen LogP contribution in [-0.2, 0) is 19.6 Å². The monoisotopic (exact) mass is 433 g/mol. The zero-order valence-electron chi connectivity index (χ0n) is 16.1. The minimum absolute atomic E-state index is 0.0199. The van der Waals surface area contributed by atoms with Crippen LogP contribution in [0.25, 0.3) is 0 Å². The van der Waals surface area contributed by atoms with Crippen molar-refractivity contribution in [2.45, 2.75) is 36.5 Å². The van der Waals surface area contributed by atoms with Crippen molar-refractivity contribution in [1.82, 2.24) is 14.5 Å². The van der Waals surface area contributed by atoms with Crippen LogP contribution < -0.4 is 4.72 Å². The van der Waals surface area contributed by atoms with E-state index >= 15 is 0 Å². The van der Waals surface area contributed by atoms with Crippen LogP contribution in [0, 0.1) is 11.6 Å². The van der Waals surface area contributed by atoms with Gasteiger partial charge in [-0.25, -0.2) is 21.9 Å². The van der Waals surface area contributed by atoms with Gasteiger partial charge in [0.1, 0.15) is 16.5 Å². The number of sulfonamides is 1. The Balaban J connectivity index is 1.59. The first kappa shape index (κ1) is 22.0. The molecule has 3 atom stereocenters. The molecule has 0 radical (unpaired) electrons. The number of benzene rings is 1. The minimum atomic E-state index is -4.29. The lowest BCUT2D eigenvalue weighted by molar-refractivity contribution is -0.128. The van der Waals surface area contributed by atoms with Crippen molar-refractivity contribution in [1.29, 1.82) is 0 Å². The quantitative estimate of drug-likeness (QED) is 0.674. The third kappa shape index (κ3) is 5.28. The van der Waals surface area contributed by atoms with Gasteiger partial charge in [0.15, 0.2) is 0 Å². The summed E-state index contributed by atoms with van der Waals surface area (Å²) < 4.78 is 59.5. The summed E-state index contributed by atoms with van der Waals surface area (Å²) in [5, 5.41) is 10.5. The van der Waals surface area contributed by atoms with E-state index in [0.29, 0.717) is 32.2 Å². The van der Waals surface area contributed by atoms with Gasteiger partial charge >= 0.3 is 0 Å². The molecular weight excluding hydrogens is 408 g/mol. The molecule has 1 aromatic carbocycles. The highest BCUT2D eigenvalue weighted by Gasteiger charge is 2.39. The van der Waals surface area contributed by atoms with E-state index in [1.54, 1.807) is 4.90 Å². The first-order valence-electron chi connectivity index (χ1n) is 9.42.